The van der Waals surface area contributed by atoms with Crippen molar-refractivity contribution in [2.24, 2.45) is 11.8 Å². The number of hydrogen-bond donors (Lipinski definition) is 2. The molecule has 0 heterocycles. The molecule has 0 aliphatic rings. The van der Waals surface area contributed by atoms with Crippen molar-refractivity contribution >= 4 is 11.9 Å². The lowest BCUT2D eigenvalue weighted by atomic mass is 9.96. The summed E-state index contributed by atoms with van der Waals surface area (Å²) in [5.41, 5.74) is 0. The molecule has 1 atom stereocenters. The van der Waals surface area contributed by atoms with Crippen molar-refractivity contribution in [3.8, 4) is 0 Å². The molecule has 1 amide bonds. The Kier molecular flexibility index (Phi) is 8.46. The summed E-state index contributed by atoms with van der Waals surface area (Å²) in [5.74, 6) is 0.331. The van der Waals surface area contributed by atoms with Crippen LogP contribution in [-0.2, 0) is 9.59 Å². The van der Waals surface area contributed by atoms with Crippen LogP contribution in [0.3, 0.4) is 0 Å². The van der Waals surface area contributed by atoms with Gasteiger partial charge < -0.3 is 10.4 Å². The summed E-state index contributed by atoms with van der Waals surface area (Å²) < 4.78 is 0. The largest absolute Gasteiger partial charge is 0.481 e. The van der Waals surface area contributed by atoms with Gasteiger partial charge in [-0.3, -0.25) is 9.59 Å². The summed E-state index contributed by atoms with van der Waals surface area (Å²) in [4.78, 5) is 21.8. The van der Waals surface area contributed by atoms with Gasteiger partial charge in [-0.1, -0.05) is 20.8 Å². The maximum absolute atomic E-state index is 11.5. The van der Waals surface area contributed by atoms with Gasteiger partial charge in [0.1, 0.15) is 0 Å². The van der Waals surface area contributed by atoms with Crippen LogP contribution < -0.4 is 5.32 Å². The molecule has 100 valence electrons. The first kappa shape index (κ1) is 15.9. The van der Waals surface area contributed by atoms with Crippen LogP contribution in [-0.4, -0.2) is 23.5 Å². The molecule has 0 spiro atoms. The molecule has 0 saturated carbocycles. The van der Waals surface area contributed by atoms with Crippen molar-refractivity contribution in [2.45, 2.75) is 52.9 Å². The van der Waals surface area contributed by atoms with Crippen LogP contribution in [0.4, 0.5) is 0 Å². The summed E-state index contributed by atoms with van der Waals surface area (Å²) in [6, 6.07) is 0. The standard InChI is InChI=1S/C13H25NO3/c1-10(2)8-11(3)9-12(15)14-7-5-4-6-13(16)17/h10-11H,4-9H2,1-3H3,(H,14,15)(H,16,17). The van der Waals surface area contributed by atoms with Crippen LogP contribution in [0.15, 0.2) is 0 Å². The lowest BCUT2D eigenvalue weighted by Crippen LogP contribution is -2.26. The van der Waals surface area contributed by atoms with Crippen molar-refractivity contribution < 1.29 is 14.7 Å². The van der Waals surface area contributed by atoms with E-state index in [1.807, 2.05) is 0 Å². The maximum atomic E-state index is 11.5. The van der Waals surface area contributed by atoms with E-state index in [-0.39, 0.29) is 12.3 Å². The van der Waals surface area contributed by atoms with E-state index in [1.165, 1.54) is 0 Å². The topological polar surface area (TPSA) is 66.4 Å². The predicted molar refractivity (Wildman–Crippen MR) is 67.7 cm³/mol. The maximum Gasteiger partial charge on any atom is 0.303 e. The zero-order valence-electron chi connectivity index (χ0n) is 11.2. The average molecular weight is 243 g/mol. The second kappa shape index (κ2) is 9.02. The number of carboxylic acids is 1. The number of carboxylic acid groups (broad SMARTS) is 1. The average Bonchev–Trinajstić information content (AvgIpc) is 2.14. The molecular weight excluding hydrogens is 218 g/mol. The molecule has 4 heteroatoms. The van der Waals surface area contributed by atoms with Gasteiger partial charge in [-0.25, -0.2) is 0 Å². The van der Waals surface area contributed by atoms with Crippen molar-refractivity contribution in [3.05, 3.63) is 0 Å². The summed E-state index contributed by atoms with van der Waals surface area (Å²) in [5, 5.41) is 11.3. The van der Waals surface area contributed by atoms with Crippen LogP contribution in [0.5, 0.6) is 0 Å². The number of hydrogen-bond acceptors (Lipinski definition) is 2. The van der Waals surface area contributed by atoms with Gasteiger partial charge in [0.25, 0.3) is 0 Å². The molecule has 0 fully saturated rings. The number of nitrogens with one attached hydrogen (secondary N) is 1. The minimum Gasteiger partial charge on any atom is -0.481 e. The SMILES string of the molecule is CC(C)CC(C)CC(=O)NCCCCC(=O)O. The van der Waals surface area contributed by atoms with Crippen LogP contribution in [0, 0.1) is 11.8 Å². The fourth-order valence-electron chi connectivity index (χ4n) is 1.91. The fourth-order valence-corrected chi connectivity index (χ4v) is 1.91. The highest BCUT2D eigenvalue weighted by atomic mass is 16.4. The van der Waals surface area contributed by atoms with Crippen molar-refractivity contribution in [3.63, 3.8) is 0 Å². The molecule has 0 saturated heterocycles. The Labute approximate surface area is 104 Å². The van der Waals surface area contributed by atoms with Crippen LogP contribution in [0.1, 0.15) is 52.9 Å². The van der Waals surface area contributed by atoms with Gasteiger partial charge in [0.2, 0.25) is 5.91 Å². The second-order valence-electron chi connectivity index (χ2n) is 5.14. The van der Waals surface area contributed by atoms with Gasteiger partial charge >= 0.3 is 5.97 Å². The highest BCUT2D eigenvalue weighted by Crippen LogP contribution is 2.14. The van der Waals surface area contributed by atoms with Crippen molar-refractivity contribution in [1.29, 1.82) is 0 Å². The van der Waals surface area contributed by atoms with E-state index in [4.69, 9.17) is 5.11 Å². The molecule has 0 aromatic carbocycles. The summed E-state index contributed by atoms with van der Waals surface area (Å²) >= 11 is 0. The van der Waals surface area contributed by atoms with E-state index in [0.717, 1.165) is 12.8 Å². The van der Waals surface area contributed by atoms with Gasteiger partial charge in [0.15, 0.2) is 0 Å². The van der Waals surface area contributed by atoms with E-state index >= 15 is 0 Å². The molecule has 0 bridgehead atoms. The Morgan fingerprint density at radius 2 is 1.82 bits per heavy atom. The summed E-state index contributed by atoms with van der Waals surface area (Å²) in [6.45, 7) is 6.98. The second-order valence-corrected chi connectivity index (χ2v) is 5.14. The predicted octanol–water partition coefficient (Wildman–Crippen LogP) is 2.43. The first-order valence-corrected chi connectivity index (χ1v) is 6.40. The molecular formula is C13H25NO3. The molecule has 0 radical (unpaired) electrons. The van der Waals surface area contributed by atoms with Gasteiger partial charge in [-0.05, 0) is 31.1 Å². The van der Waals surface area contributed by atoms with E-state index in [1.54, 1.807) is 0 Å². The van der Waals surface area contributed by atoms with E-state index < -0.39 is 5.97 Å². The van der Waals surface area contributed by atoms with Gasteiger partial charge in [0, 0.05) is 19.4 Å². The smallest absolute Gasteiger partial charge is 0.303 e. The number of aliphatic carboxylic acids is 1. The summed E-state index contributed by atoms with van der Waals surface area (Å²) in [7, 11) is 0. The van der Waals surface area contributed by atoms with Gasteiger partial charge in [0.05, 0.1) is 0 Å². The Hall–Kier alpha value is -1.06. The molecule has 2 N–H and O–H groups in total. The van der Waals surface area contributed by atoms with Gasteiger partial charge in [-0.2, -0.15) is 0 Å². The monoisotopic (exact) mass is 243 g/mol. The number of carbonyl (C=O) groups is 2. The third-order valence-corrected chi connectivity index (χ3v) is 2.55. The Bertz CT molecular complexity index is 239. The van der Waals surface area contributed by atoms with Crippen molar-refractivity contribution in [2.75, 3.05) is 6.54 Å². The molecule has 0 rings (SSSR count). The van der Waals surface area contributed by atoms with Gasteiger partial charge in [-0.15, -0.1) is 0 Å². The minimum absolute atomic E-state index is 0.0773. The quantitative estimate of drug-likeness (QED) is 0.611. The normalized spacial score (nSPS) is 12.5. The van der Waals surface area contributed by atoms with E-state index in [0.29, 0.717) is 31.2 Å². The first-order chi connectivity index (χ1) is 7.91. The first-order valence-electron chi connectivity index (χ1n) is 6.40. The summed E-state index contributed by atoms with van der Waals surface area (Å²) in [6.07, 6.45) is 3.16. The minimum atomic E-state index is -0.776. The third kappa shape index (κ3) is 11.2. The van der Waals surface area contributed by atoms with Crippen molar-refractivity contribution in [1.82, 2.24) is 5.32 Å². The molecule has 0 aromatic rings. The Morgan fingerprint density at radius 1 is 1.18 bits per heavy atom. The number of carbonyl (C=O) groups excluding carboxylic acids is 1. The Balaban J connectivity index is 3.49. The zero-order valence-corrected chi connectivity index (χ0v) is 11.2. The lowest BCUT2D eigenvalue weighted by Gasteiger charge is -2.13. The third-order valence-electron chi connectivity index (χ3n) is 2.55. The molecule has 0 aliphatic heterocycles. The number of amides is 1. The highest BCUT2D eigenvalue weighted by molar-refractivity contribution is 5.76. The highest BCUT2D eigenvalue weighted by Gasteiger charge is 2.10. The molecule has 0 aliphatic carbocycles. The molecule has 4 nitrogen and oxygen atoms in total. The zero-order chi connectivity index (χ0) is 13.3. The fraction of sp³-hybridized carbons (Fsp3) is 0.846. The lowest BCUT2D eigenvalue weighted by molar-refractivity contribution is -0.137. The number of unbranched alkanes of at least 4 members (excludes halogenated alkanes) is 1. The van der Waals surface area contributed by atoms with Crippen LogP contribution in [0.25, 0.3) is 0 Å². The number of rotatable bonds is 9. The molecule has 0 aromatic heterocycles. The molecule has 17 heavy (non-hydrogen) atoms. The Morgan fingerprint density at radius 3 is 2.35 bits per heavy atom. The van der Waals surface area contributed by atoms with Crippen LogP contribution in [0.2, 0.25) is 0 Å². The van der Waals surface area contributed by atoms with Crippen LogP contribution >= 0.6 is 0 Å². The molecule has 1 unspecified atom stereocenters. The van der Waals surface area contributed by atoms with E-state index in [2.05, 4.69) is 26.1 Å². The van der Waals surface area contributed by atoms with E-state index in [9.17, 15) is 9.59 Å².